The van der Waals surface area contributed by atoms with Gasteiger partial charge >= 0.3 is 12.0 Å². The smallest absolute Gasteiger partial charge is 0.315 e. The maximum Gasteiger partial charge on any atom is 0.315 e. The van der Waals surface area contributed by atoms with Crippen LogP contribution >= 0.6 is 0 Å². The topological polar surface area (TPSA) is 642 Å². The van der Waals surface area contributed by atoms with Gasteiger partial charge in [0, 0.05) is 89.3 Å². The van der Waals surface area contributed by atoms with E-state index >= 15 is 0 Å². The number of carbonyl (C=O) groups is 17. The molecule has 11 amide bonds. The highest BCUT2D eigenvalue weighted by Gasteiger charge is 2.44. The molecule has 1 heterocycles. The van der Waals surface area contributed by atoms with Crippen molar-refractivity contribution in [1.29, 1.82) is 0 Å². The quantitative estimate of drug-likeness (QED) is 0.0411. The Labute approximate surface area is 821 Å². The Morgan fingerprint density at radius 1 is 0.407 bits per heavy atom. The van der Waals surface area contributed by atoms with Gasteiger partial charge in [0.25, 0.3) is 0 Å². The summed E-state index contributed by atoms with van der Waals surface area (Å²) in [6.07, 6.45) is -1.67. The molecule has 21 N–H and O–H groups in total. The molecular formula is C99H159N13O28. The van der Waals surface area contributed by atoms with Crippen molar-refractivity contribution in [3.63, 3.8) is 0 Å². The van der Waals surface area contributed by atoms with E-state index < -0.39 is 261 Å². The fourth-order valence-electron chi connectivity index (χ4n) is 16.5. The highest BCUT2D eigenvalue weighted by atomic mass is 16.6. The molecule has 0 radical (unpaired) electrons. The van der Waals surface area contributed by atoms with Gasteiger partial charge in [-0.1, -0.05) is 135 Å². The van der Waals surface area contributed by atoms with Crippen LogP contribution in [0.1, 0.15) is 215 Å². The second-order valence-corrected chi connectivity index (χ2v) is 37.4. The number of urea groups is 1. The summed E-state index contributed by atoms with van der Waals surface area (Å²) in [7, 11) is 0. The van der Waals surface area contributed by atoms with Gasteiger partial charge in [0.2, 0.25) is 53.2 Å². The van der Waals surface area contributed by atoms with E-state index in [2.05, 4.69) is 58.5 Å². The van der Waals surface area contributed by atoms with E-state index in [-0.39, 0.29) is 108 Å². The first kappa shape index (κ1) is 122. The lowest BCUT2D eigenvalue weighted by molar-refractivity contribution is -0.143. The number of fused-ring (bicyclic) bond motifs is 1. The number of aliphatic hydroxyl groups excluding tert-OH is 5. The summed E-state index contributed by atoms with van der Waals surface area (Å²) in [5, 5.41) is 92.7. The maximum atomic E-state index is 14.5. The molecule has 18 atom stereocenters. The molecule has 2 aromatic rings. The standard InChI is InChI=1S/C99H159N13O28/c1-10-11-14-28-74(81(119)51-69(57-113)95(131)108-79(59-115)83(121)55-72(63(8)116)97(133)110-90(62(6)7)84(122)52-70(58-114)94(130)107-78(56-101)61(4)5)105-93(129)68(53-89(127)128)50-85(123)91(64(9)117)111-96(132)71(60(2)3)54-82(120)73(29-21-22-36-100)103-87(125)34-33-80(118)76(48-65-23-15-12-16-24-65)106-98(134)77(49-66-25-17-13-18-26-66)104-88(126)35-38-136-40-42-138-44-46-140-47-45-139-43-41-137-39-37-102-86(124)30-20-19-27-67-31-32-75-92(67)112-99(135)109-75/h12-13,15-18,23-26,60-64,67-79,90-92,113-117H,10-11,14,19-22,27-59,100-101H2,1-9H3,(H,102,124)(H,103,125)(H,104,126)(H,105,129)(H,106,134)(H,107,130)(H,108,131)(H,110,133)(H,111,132)(H,127,128)(H2,109,112,135)/t63-,64-,67-,68+,69+,70+,71+,72?,73-,74-,75-,76-,77-,78+,79-,90-,91?,92+/m1/s1. The first-order valence-corrected chi connectivity index (χ1v) is 49.5. The molecule has 788 valence electrons. The zero-order valence-corrected chi connectivity index (χ0v) is 83.0. The molecule has 2 aliphatic rings. The van der Waals surface area contributed by atoms with Crippen molar-refractivity contribution in [2.45, 2.75) is 289 Å². The Hall–Kier alpha value is -10.0. The van der Waals surface area contributed by atoms with Gasteiger partial charge in [-0.25, -0.2) is 4.79 Å². The second kappa shape index (κ2) is 68.2. The molecule has 41 heteroatoms. The van der Waals surface area contributed by atoms with Crippen molar-refractivity contribution < 1.29 is 136 Å². The maximum absolute atomic E-state index is 14.5. The Morgan fingerprint density at radius 2 is 0.886 bits per heavy atom. The van der Waals surface area contributed by atoms with Crippen LogP contribution < -0.4 is 70.0 Å². The molecule has 1 saturated carbocycles. The molecule has 1 aliphatic carbocycles. The number of aliphatic hydroxyl groups is 5. The van der Waals surface area contributed by atoms with Crippen LogP contribution in [0.3, 0.4) is 0 Å². The lowest BCUT2D eigenvalue weighted by atomic mass is 9.86. The molecule has 0 spiro atoms. The van der Waals surface area contributed by atoms with Crippen LogP contribution in [0.2, 0.25) is 0 Å². The number of carbonyl (C=O) groups excluding carboxylic acids is 16. The third kappa shape index (κ3) is 46.8. The summed E-state index contributed by atoms with van der Waals surface area (Å²) in [5.41, 5.74) is 13.0. The van der Waals surface area contributed by atoms with Gasteiger partial charge in [-0.2, -0.15) is 0 Å². The molecule has 41 nitrogen and oxygen atoms in total. The number of ketones is 6. The monoisotopic (exact) mass is 1980 g/mol. The SMILES string of the molecule is CCCCC[C@@H](NC(=O)[C@H](CC(=O)O)CC(=O)C(NC(=O)[C@@H](CC(=O)[C@@H](CCCCN)NC(=O)CCC(=O)[C@@H](Cc1ccccc1)NC(=O)[C@@H](Cc1ccccc1)NC(=O)CCOCCOCCOCCOCCOCCNC(=O)CCCC[C@@H]1CC[C@H]2NC(=O)N[C@@H]12)C(C)C)[C@@H](C)O)C(=O)C[C@@H](CO)C(=O)N[C@H](CO)C(=O)CC(C(=O)N[C@@H](C(=O)C[C@@H](CO)C(=O)N[C@@H](CN)C(C)C)C(C)C)[C@@H](C)O. The first-order valence-electron chi connectivity index (χ1n) is 49.5. The number of benzene rings is 2. The largest absolute Gasteiger partial charge is 0.481 e. The number of ether oxygens (including phenoxy) is 5. The molecule has 1 saturated heterocycles. The normalized spacial score (nSPS) is 17.2. The third-order valence-corrected chi connectivity index (χ3v) is 25.1. The Bertz CT molecular complexity index is 4170. The fourth-order valence-corrected chi connectivity index (χ4v) is 16.5. The molecule has 140 heavy (non-hydrogen) atoms. The molecule has 2 fully saturated rings. The van der Waals surface area contributed by atoms with Crippen LogP contribution in [0, 0.1) is 53.3 Å². The summed E-state index contributed by atoms with van der Waals surface area (Å²) in [5.74, 6) is -21.5. The summed E-state index contributed by atoms with van der Waals surface area (Å²) in [6, 6.07) is 7.47. The predicted molar refractivity (Wildman–Crippen MR) is 515 cm³/mol. The van der Waals surface area contributed by atoms with E-state index in [1.807, 2.05) is 20.8 Å². The van der Waals surface area contributed by atoms with Gasteiger partial charge in [0.15, 0.2) is 34.7 Å². The van der Waals surface area contributed by atoms with E-state index in [4.69, 9.17) is 35.2 Å². The highest BCUT2D eigenvalue weighted by molar-refractivity contribution is 6.01. The Kier molecular flexibility index (Phi) is 59.5. The minimum absolute atomic E-state index is 0.0116. The van der Waals surface area contributed by atoms with Crippen molar-refractivity contribution in [3.05, 3.63) is 71.8 Å². The van der Waals surface area contributed by atoms with Crippen LogP contribution in [-0.2, 0) is 113 Å². The number of unbranched alkanes of at least 4 members (excludes halogenated alkanes) is 4. The summed E-state index contributed by atoms with van der Waals surface area (Å²) in [6.45, 7) is 14.7. The Morgan fingerprint density at radius 3 is 1.42 bits per heavy atom. The summed E-state index contributed by atoms with van der Waals surface area (Å²) in [4.78, 5) is 233. The second-order valence-electron chi connectivity index (χ2n) is 37.4. The van der Waals surface area contributed by atoms with Gasteiger partial charge in [0.1, 0.15) is 18.1 Å². The third-order valence-electron chi connectivity index (χ3n) is 25.1. The number of aliphatic carboxylic acids is 1. The van der Waals surface area contributed by atoms with E-state index in [1.165, 1.54) is 6.92 Å². The number of carboxylic acids is 1. The van der Waals surface area contributed by atoms with E-state index in [9.17, 15) is 112 Å². The number of nitrogens with two attached hydrogens (primary N) is 2. The van der Waals surface area contributed by atoms with Crippen molar-refractivity contribution in [1.82, 2.24) is 58.5 Å². The van der Waals surface area contributed by atoms with Crippen molar-refractivity contribution in [2.75, 3.05) is 106 Å². The molecule has 0 bridgehead atoms. The van der Waals surface area contributed by atoms with Gasteiger partial charge in [-0.05, 0) is 113 Å². The molecule has 2 unspecified atom stereocenters. The number of carboxylic acid groups (broad SMARTS) is 1. The fraction of sp³-hybridized carbons (Fsp3) is 0.707. The number of Topliss-reactive ketones (excluding diaryl/α,β-unsaturated/α-hetero) is 6. The van der Waals surface area contributed by atoms with Gasteiger partial charge in [-0.3, -0.25) is 76.7 Å². The lowest BCUT2D eigenvalue weighted by Gasteiger charge is -2.28. The molecular weight excluding hydrogens is 1820 g/mol. The number of rotatable bonds is 79. The molecule has 2 aromatic carbocycles. The number of hydrogen-bond acceptors (Lipinski definition) is 29. The van der Waals surface area contributed by atoms with Crippen LogP contribution in [0.5, 0.6) is 0 Å². The van der Waals surface area contributed by atoms with E-state index in [0.29, 0.717) is 95.3 Å². The first-order chi connectivity index (χ1) is 66.8. The lowest BCUT2D eigenvalue weighted by Crippen LogP contribution is -2.53. The van der Waals surface area contributed by atoms with Gasteiger partial charge < -0.3 is 124 Å². The van der Waals surface area contributed by atoms with Crippen molar-refractivity contribution >= 4 is 99.9 Å². The van der Waals surface area contributed by atoms with E-state index in [0.717, 1.165) is 39.0 Å². The van der Waals surface area contributed by atoms with Crippen molar-refractivity contribution in [2.24, 2.45) is 64.7 Å². The zero-order chi connectivity index (χ0) is 104. The number of nitrogens with one attached hydrogen (secondary N) is 11. The summed E-state index contributed by atoms with van der Waals surface area (Å²) >= 11 is 0. The van der Waals surface area contributed by atoms with Crippen molar-refractivity contribution in [3.8, 4) is 0 Å². The Balaban J connectivity index is 1.32. The van der Waals surface area contributed by atoms with Crippen LogP contribution in [0.4, 0.5) is 4.79 Å². The molecule has 0 aromatic heterocycles. The van der Waals surface area contributed by atoms with Crippen LogP contribution in [0.15, 0.2) is 60.7 Å². The predicted octanol–water partition coefficient (Wildman–Crippen LogP) is 1.04. The minimum atomic E-state index is -1.83. The zero-order valence-electron chi connectivity index (χ0n) is 83.0. The highest BCUT2D eigenvalue weighted by Crippen LogP contribution is 2.33. The number of amides is 11. The average Bonchev–Trinajstić information content (AvgIpc) is 1.66. The van der Waals surface area contributed by atoms with Crippen LogP contribution in [-0.4, -0.2) is 309 Å². The molecule has 1 aliphatic heterocycles. The van der Waals surface area contributed by atoms with E-state index in [1.54, 1.807) is 88.4 Å². The van der Waals surface area contributed by atoms with Gasteiger partial charge in [-0.15, -0.1) is 0 Å². The minimum Gasteiger partial charge on any atom is -0.481 e. The average molecular weight is 1980 g/mol. The summed E-state index contributed by atoms with van der Waals surface area (Å²) < 4.78 is 28.0. The van der Waals surface area contributed by atoms with Gasteiger partial charge in [0.05, 0.1) is 164 Å². The molecule has 4 rings (SSSR count). The number of hydrogen-bond donors (Lipinski definition) is 19. The van der Waals surface area contributed by atoms with Crippen LogP contribution in [0.25, 0.3) is 0 Å².